The molecule has 2 aromatic heterocycles. The number of carbonyl (C=O) groups excluding carboxylic acids is 1. The van der Waals surface area contributed by atoms with Crippen molar-refractivity contribution in [2.75, 3.05) is 6.61 Å². The Bertz CT molecular complexity index is 1760. The maximum Gasteiger partial charge on any atom is 0.252 e. The van der Waals surface area contributed by atoms with Gasteiger partial charge in [-0.05, 0) is 80.6 Å². The van der Waals surface area contributed by atoms with Crippen LogP contribution in [0.15, 0.2) is 60.7 Å². The summed E-state index contributed by atoms with van der Waals surface area (Å²) in [5.41, 5.74) is 6.50. The molecular weight excluding hydrogens is 520 g/mol. The zero-order chi connectivity index (χ0) is 27.4. The number of ether oxygens (including phenoxy) is 1. The van der Waals surface area contributed by atoms with Gasteiger partial charge in [0.2, 0.25) is 0 Å². The summed E-state index contributed by atoms with van der Waals surface area (Å²) in [7, 11) is 0. The van der Waals surface area contributed by atoms with Crippen molar-refractivity contribution in [2.45, 2.75) is 64.0 Å². The SMILES string of the molecule is CC(C)(NC(=O)c1ccc2c(C3CCCCC3)c3n(c2c1)CCOc1ccccc1-3)c1nc2cc(Cl)ccc2[nH]1. The van der Waals surface area contributed by atoms with Crippen LogP contribution in [0.1, 0.15) is 73.6 Å². The van der Waals surface area contributed by atoms with Gasteiger partial charge in [-0.25, -0.2) is 4.98 Å². The molecular formula is C33H33ClN4O2. The quantitative estimate of drug-likeness (QED) is 0.238. The average Bonchev–Trinajstić information content (AvgIpc) is 3.47. The lowest BCUT2D eigenvalue weighted by Gasteiger charge is -2.24. The highest BCUT2D eigenvalue weighted by atomic mass is 35.5. The van der Waals surface area contributed by atoms with E-state index in [2.05, 4.69) is 45.2 Å². The molecule has 2 aliphatic rings. The van der Waals surface area contributed by atoms with Gasteiger partial charge in [0.1, 0.15) is 18.2 Å². The molecule has 3 heterocycles. The van der Waals surface area contributed by atoms with Crippen LogP contribution >= 0.6 is 11.6 Å². The van der Waals surface area contributed by atoms with Gasteiger partial charge >= 0.3 is 0 Å². The van der Waals surface area contributed by atoms with E-state index in [0.29, 0.717) is 28.9 Å². The second kappa shape index (κ2) is 9.70. The van der Waals surface area contributed by atoms with Crippen LogP contribution in [0.25, 0.3) is 33.2 Å². The topological polar surface area (TPSA) is 71.9 Å². The minimum absolute atomic E-state index is 0.134. The van der Waals surface area contributed by atoms with Gasteiger partial charge in [-0.1, -0.05) is 49.1 Å². The standard InChI is InChI=1S/C33H33ClN4O2/c1-33(2,32-35-25-15-13-22(34)19-26(25)36-32)37-31(39)21-12-14-23-27(18-21)38-16-17-40-28-11-7-6-10-24(28)30(38)29(23)20-8-4-3-5-9-20/h6-7,10-15,18-20H,3-5,8-9,16-17H2,1-2H3,(H,35,36)(H,37,39). The maximum atomic E-state index is 13.7. The molecule has 40 heavy (non-hydrogen) atoms. The molecule has 1 fully saturated rings. The highest BCUT2D eigenvalue weighted by Gasteiger charge is 2.31. The number of hydrogen-bond donors (Lipinski definition) is 2. The first-order valence-corrected chi connectivity index (χ1v) is 14.6. The Labute approximate surface area is 238 Å². The second-order valence-electron chi connectivity index (χ2n) is 11.7. The molecule has 204 valence electrons. The number of rotatable bonds is 4. The molecule has 1 amide bonds. The number of H-pyrrole nitrogens is 1. The Balaban J connectivity index is 1.30. The molecule has 2 N–H and O–H groups in total. The Kier molecular flexibility index (Phi) is 6.12. The Morgan fingerprint density at radius 1 is 1.07 bits per heavy atom. The minimum atomic E-state index is -0.715. The van der Waals surface area contributed by atoms with Gasteiger partial charge in [0.05, 0.1) is 28.8 Å². The van der Waals surface area contributed by atoms with Crippen LogP contribution < -0.4 is 10.1 Å². The highest BCUT2D eigenvalue weighted by molar-refractivity contribution is 6.31. The number of benzene rings is 3. The van der Waals surface area contributed by atoms with Gasteiger partial charge in [0.15, 0.2) is 0 Å². The molecule has 3 aromatic carbocycles. The number of carbonyl (C=O) groups is 1. The molecule has 1 saturated carbocycles. The van der Waals surface area contributed by atoms with E-state index < -0.39 is 5.54 Å². The first-order valence-electron chi connectivity index (χ1n) is 14.3. The lowest BCUT2D eigenvalue weighted by atomic mass is 9.81. The number of fused-ring (bicyclic) bond motifs is 6. The number of nitrogens with zero attached hydrogens (tertiary/aromatic N) is 2. The molecule has 7 heteroatoms. The lowest BCUT2D eigenvalue weighted by molar-refractivity contribution is 0.0909. The Morgan fingerprint density at radius 2 is 1.90 bits per heavy atom. The monoisotopic (exact) mass is 552 g/mol. The third kappa shape index (κ3) is 4.26. The van der Waals surface area contributed by atoms with Crippen LogP contribution in [0.5, 0.6) is 5.75 Å². The Morgan fingerprint density at radius 3 is 2.75 bits per heavy atom. The number of aromatic nitrogens is 3. The van der Waals surface area contributed by atoms with E-state index in [1.165, 1.54) is 48.7 Å². The summed E-state index contributed by atoms with van der Waals surface area (Å²) in [5.74, 6) is 2.00. The minimum Gasteiger partial charge on any atom is -0.491 e. The van der Waals surface area contributed by atoms with Crippen LogP contribution in [-0.4, -0.2) is 27.0 Å². The van der Waals surface area contributed by atoms with Crippen molar-refractivity contribution in [2.24, 2.45) is 0 Å². The first kappa shape index (κ1) is 25.2. The summed E-state index contributed by atoms with van der Waals surface area (Å²) < 4.78 is 8.57. The van der Waals surface area contributed by atoms with Gasteiger partial charge in [-0.3, -0.25) is 4.79 Å². The van der Waals surface area contributed by atoms with E-state index in [0.717, 1.165) is 34.4 Å². The largest absolute Gasteiger partial charge is 0.491 e. The van der Waals surface area contributed by atoms with Crippen molar-refractivity contribution in [3.8, 4) is 17.0 Å². The number of imidazole rings is 1. The van der Waals surface area contributed by atoms with E-state index in [-0.39, 0.29) is 5.91 Å². The van der Waals surface area contributed by atoms with Crippen LogP contribution in [0.2, 0.25) is 5.02 Å². The van der Waals surface area contributed by atoms with E-state index in [4.69, 9.17) is 21.3 Å². The summed E-state index contributed by atoms with van der Waals surface area (Å²) in [6.07, 6.45) is 6.24. The third-order valence-corrected chi connectivity index (χ3v) is 8.79. The van der Waals surface area contributed by atoms with Crippen LogP contribution in [0.3, 0.4) is 0 Å². The van der Waals surface area contributed by atoms with Crippen molar-refractivity contribution >= 4 is 39.4 Å². The summed E-state index contributed by atoms with van der Waals surface area (Å²) >= 11 is 6.16. The molecule has 0 unspecified atom stereocenters. The zero-order valence-electron chi connectivity index (χ0n) is 22.9. The molecule has 6 nitrogen and oxygen atoms in total. The molecule has 0 spiro atoms. The van der Waals surface area contributed by atoms with E-state index in [1.54, 1.807) is 0 Å². The van der Waals surface area contributed by atoms with Crippen molar-refractivity contribution < 1.29 is 9.53 Å². The summed E-state index contributed by atoms with van der Waals surface area (Å²) in [5, 5.41) is 5.09. The number of para-hydroxylation sites is 1. The first-order chi connectivity index (χ1) is 19.4. The summed E-state index contributed by atoms with van der Waals surface area (Å²) in [6.45, 7) is 5.26. The molecule has 5 aromatic rings. The molecule has 0 atom stereocenters. The second-order valence-corrected chi connectivity index (χ2v) is 12.1. The fourth-order valence-electron chi connectivity index (χ4n) is 6.57. The van der Waals surface area contributed by atoms with Crippen LogP contribution in [0, 0.1) is 0 Å². The van der Waals surface area contributed by atoms with Crippen molar-refractivity contribution in [3.63, 3.8) is 0 Å². The van der Waals surface area contributed by atoms with Crippen molar-refractivity contribution in [1.82, 2.24) is 19.9 Å². The van der Waals surface area contributed by atoms with E-state index in [9.17, 15) is 4.79 Å². The number of hydrogen-bond acceptors (Lipinski definition) is 3. The maximum absolute atomic E-state index is 13.7. The fraction of sp³-hybridized carbons (Fsp3) is 0.333. The summed E-state index contributed by atoms with van der Waals surface area (Å²) in [6, 6.07) is 20.1. The van der Waals surface area contributed by atoms with Gasteiger partial charge in [0.25, 0.3) is 5.91 Å². The number of amides is 1. The third-order valence-electron chi connectivity index (χ3n) is 8.56. The molecule has 7 rings (SSSR count). The number of aromatic amines is 1. The van der Waals surface area contributed by atoms with Crippen LogP contribution in [-0.2, 0) is 12.1 Å². The molecule has 1 aliphatic carbocycles. The molecule has 0 radical (unpaired) electrons. The van der Waals surface area contributed by atoms with Gasteiger partial charge < -0.3 is 19.6 Å². The van der Waals surface area contributed by atoms with Gasteiger partial charge in [-0.15, -0.1) is 0 Å². The van der Waals surface area contributed by atoms with Gasteiger partial charge in [0, 0.05) is 27.1 Å². The van der Waals surface area contributed by atoms with E-state index in [1.807, 2.05) is 44.2 Å². The Hall–Kier alpha value is -3.77. The molecule has 0 bridgehead atoms. The summed E-state index contributed by atoms with van der Waals surface area (Å²) in [4.78, 5) is 21.7. The van der Waals surface area contributed by atoms with Crippen LogP contribution in [0.4, 0.5) is 0 Å². The van der Waals surface area contributed by atoms with Crippen molar-refractivity contribution in [3.05, 3.63) is 82.6 Å². The number of halogens is 1. The highest BCUT2D eigenvalue weighted by Crippen LogP contribution is 2.47. The molecule has 1 aliphatic heterocycles. The normalized spacial score (nSPS) is 15.9. The predicted molar refractivity (Wildman–Crippen MR) is 160 cm³/mol. The van der Waals surface area contributed by atoms with E-state index >= 15 is 0 Å². The average molecular weight is 553 g/mol. The predicted octanol–water partition coefficient (Wildman–Crippen LogP) is 7.94. The fourth-order valence-corrected chi connectivity index (χ4v) is 6.74. The number of nitrogens with one attached hydrogen (secondary N) is 2. The molecule has 0 saturated heterocycles. The van der Waals surface area contributed by atoms with Crippen molar-refractivity contribution in [1.29, 1.82) is 0 Å². The lowest BCUT2D eigenvalue weighted by Crippen LogP contribution is -2.41. The van der Waals surface area contributed by atoms with Gasteiger partial charge in [-0.2, -0.15) is 0 Å². The zero-order valence-corrected chi connectivity index (χ0v) is 23.6. The smallest absolute Gasteiger partial charge is 0.252 e.